The van der Waals surface area contributed by atoms with Crippen LogP contribution in [0.5, 0.6) is 0 Å². The molecular weight excluding hydrogens is 306 g/mol. The summed E-state index contributed by atoms with van der Waals surface area (Å²) in [7, 11) is 1.91. The Morgan fingerprint density at radius 2 is 2.04 bits per heavy atom. The van der Waals surface area contributed by atoms with E-state index in [1.807, 2.05) is 43.8 Å². The number of aromatic nitrogens is 2. The average molecular weight is 327 g/mol. The SMILES string of the molecule is Cc1cccc(C(C)C)c1NC(=O)c1cc2c(C)nn(C)c2s1. The van der Waals surface area contributed by atoms with Gasteiger partial charge in [-0.05, 0) is 37.0 Å². The van der Waals surface area contributed by atoms with Gasteiger partial charge in [0.2, 0.25) is 0 Å². The molecule has 2 aromatic heterocycles. The van der Waals surface area contributed by atoms with E-state index in [0.29, 0.717) is 10.8 Å². The Bertz CT molecular complexity index is 855. The van der Waals surface area contributed by atoms with Crippen LogP contribution in [0.15, 0.2) is 24.3 Å². The topological polar surface area (TPSA) is 46.9 Å². The molecule has 0 saturated heterocycles. The summed E-state index contributed by atoms with van der Waals surface area (Å²) in [5, 5.41) is 8.54. The highest BCUT2D eigenvalue weighted by atomic mass is 32.1. The number of carbonyl (C=O) groups is 1. The Hall–Kier alpha value is -2.14. The lowest BCUT2D eigenvalue weighted by Crippen LogP contribution is -2.13. The van der Waals surface area contributed by atoms with Gasteiger partial charge in [-0.1, -0.05) is 32.0 Å². The lowest BCUT2D eigenvalue weighted by molar-refractivity contribution is 0.103. The summed E-state index contributed by atoms with van der Waals surface area (Å²) >= 11 is 1.48. The Balaban J connectivity index is 1.96. The van der Waals surface area contributed by atoms with E-state index in [1.165, 1.54) is 11.3 Å². The maximum atomic E-state index is 12.7. The van der Waals surface area contributed by atoms with Gasteiger partial charge in [0.15, 0.2) is 0 Å². The summed E-state index contributed by atoms with van der Waals surface area (Å²) in [6, 6.07) is 8.08. The molecule has 120 valence electrons. The summed E-state index contributed by atoms with van der Waals surface area (Å²) in [6.07, 6.45) is 0. The molecule has 5 heteroatoms. The summed E-state index contributed by atoms with van der Waals surface area (Å²) in [4.78, 5) is 14.4. The van der Waals surface area contributed by atoms with Crippen molar-refractivity contribution in [2.24, 2.45) is 7.05 Å². The number of aryl methyl sites for hydroxylation is 3. The van der Waals surface area contributed by atoms with Crippen LogP contribution in [0.4, 0.5) is 5.69 Å². The van der Waals surface area contributed by atoms with Gasteiger partial charge in [0, 0.05) is 18.1 Å². The minimum absolute atomic E-state index is 0.0539. The van der Waals surface area contributed by atoms with E-state index >= 15 is 0 Å². The summed E-state index contributed by atoms with van der Waals surface area (Å²) in [5.41, 5.74) is 4.14. The molecular formula is C18H21N3OS. The molecule has 0 bridgehead atoms. The van der Waals surface area contributed by atoms with Gasteiger partial charge in [-0.15, -0.1) is 11.3 Å². The molecule has 2 heterocycles. The average Bonchev–Trinajstić information content (AvgIpc) is 3.03. The highest BCUT2D eigenvalue weighted by molar-refractivity contribution is 7.20. The maximum Gasteiger partial charge on any atom is 0.265 e. The van der Waals surface area contributed by atoms with Crippen molar-refractivity contribution in [2.45, 2.75) is 33.6 Å². The molecule has 0 fully saturated rings. The van der Waals surface area contributed by atoms with Crippen LogP contribution in [0.25, 0.3) is 10.2 Å². The fourth-order valence-corrected chi connectivity index (χ4v) is 3.85. The third kappa shape index (κ3) is 2.77. The van der Waals surface area contributed by atoms with E-state index in [2.05, 4.69) is 30.3 Å². The van der Waals surface area contributed by atoms with E-state index < -0.39 is 0 Å². The Labute approximate surface area is 140 Å². The van der Waals surface area contributed by atoms with Crippen molar-refractivity contribution < 1.29 is 4.79 Å². The molecule has 1 amide bonds. The van der Waals surface area contributed by atoms with Crippen molar-refractivity contribution in [1.82, 2.24) is 9.78 Å². The first kappa shape index (κ1) is 15.7. The third-order valence-corrected chi connectivity index (χ3v) is 5.29. The molecule has 0 aliphatic rings. The number of hydrogen-bond donors (Lipinski definition) is 1. The number of nitrogens with zero attached hydrogens (tertiary/aromatic N) is 2. The van der Waals surface area contributed by atoms with E-state index in [4.69, 9.17) is 0 Å². The molecule has 0 aliphatic heterocycles. The van der Waals surface area contributed by atoms with Crippen LogP contribution in [-0.4, -0.2) is 15.7 Å². The first-order valence-electron chi connectivity index (χ1n) is 7.72. The Morgan fingerprint density at radius 1 is 1.30 bits per heavy atom. The number of fused-ring (bicyclic) bond motifs is 1. The number of anilines is 1. The Morgan fingerprint density at radius 3 is 2.70 bits per heavy atom. The summed E-state index contributed by atoms with van der Waals surface area (Å²) in [5.74, 6) is 0.306. The smallest absolute Gasteiger partial charge is 0.265 e. The molecule has 1 N–H and O–H groups in total. The van der Waals surface area contributed by atoms with Crippen molar-refractivity contribution >= 4 is 33.1 Å². The van der Waals surface area contributed by atoms with Gasteiger partial charge in [-0.2, -0.15) is 5.10 Å². The number of benzene rings is 1. The normalized spacial score (nSPS) is 11.4. The molecule has 3 rings (SSSR count). The standard InChI is InChI=1S/C18H21N3OS/c1-10(2)13-8-6-7-11(3)16(13)19-17(22)15-9-14-12(4)20-21(5)18(14)23-15/h6-10H,1-5H3,(H,19,22). The number of thiophene rings is 1. The predicted molar refractivity (Wildman–Crippen MR) is 96.5 cm³/mol. The largest absolute Gasteiger partial charge is 0.321 e. The van der Waals surface area contributed by atoms with Gasteiger partial charge in [-0.25, -0.2) is 0 Å². The van der Waals surface area contributed by atoms with Crippen LogP contribution in [0, 0.1) is 13.8 Å². The van der Waals surface area contributed by atoms with E-state index in [-0.39, 0.29) is 5.91 Å². The molecule has 4 nitrogen and oxygen atoms in total. The van der Waals surface area contributed by atoms with Gasteiger partial charge < -0.3 is 5.32 Å². The molecule has 0 radical (unpaired) electrons. The van der Waals surface area contributed by atoms with Gasteiger partial charge in [0.05, 0.1) is 10.6 Å². The number of para-hydroxylation sites is 1. The molecule has 23 heavy (non-hydrogen) atoms. The van der Waals surface area contributed by atoms with Crippen LogP contribution in [0.3, 0.4) is 0 Å². The zero-order valence-corrected chi connectivity index (χ0v) is 14.9. The van der Waals surface area contributed by atoms with Crippen molar-refractivity contribution in [3.63, 3.8) is 0 Å². The molecule has 0 unspecified atom stereocenters. The van der Waals surface area contributed by atoms with Crippen LogP contribution in [0.2, 0.25) is 0 Å². The van der Waals surface area contributed by atoms with Crippen LogP contribution in [-0.2, 0) is 7.05 Å². The van der Waals surface area contributed by atoms with E-state index in [0.717, 1.165) is 32.7 Å². The summed E-state index contributed by atoms with van der Waals surface area (Å²) < 4.78 is 1.83. The minimum Gasteiger partial charge on any atom is -0.321 e. The predicted octanol–water partition coefficient (Wildman–Crippen LogP) is 4.63. The molecule has 0 atom stereocenters. The van der Waals surface area contributed by atoms with E-state index in [9.17, 15) is 4.79 Å². The quantitative estimate of drug-likeness (QED) is 0.762. The van der Waals surface area contributed by atoms with Crippen molar-refractivity contribution in [1.29, 1.82) is 0 Å². The molecule has 3 aromatic rings. The van der Waals surface area contributed by atoms with Crippen LogP contribution < -0.4 is 5.32 Å². The number of amides is 1. The molecule has 0 saturated carbocycles. The van der Waals surface area contributed by atoms with E-state index in [1.54, 1.807) is 0 Å². The van der Waals surface area contributed by atoms with Gasteiger partial charge in [0.1, 0.15) is 4.83 Å². The summed E-state index contributed by atoms with van der Waals surface area (Å²) in [6.45, 7) is 8.27. The van der Waals surface area contributed by atoms with Crippen LogP contribution >= 0.6 is 11.3 Å². The van der Waals surface area contributed by atoms with Crippen LogP contribution in [0.1, 0.15) is 46.3 Å². The second kappa shape index (κ2) is 5.81. The lowest BCUT2D eigenvalue weighted by atomic mass is 9.98. The van der Waals surface area contributed by atoms with Gasteiger partial charge in [-0.3, -0.25) is 9.48 Å². The fourth-order valence-electron chi connectivity index (χ4n) is 2.83. The zero-order valence-electron chi connectivity index (χ0n) is 14.1. The lowest BCUT2D eigenvalue weighted by Gasteiger charge is -2.16. The zero-order chi connectivity index (χ0) is 16.7. The third-order valence-electron chi connectivity index (χ3n) is 4.09. The highest BCUT2D eigenvalue weighted by Gasteiger charge is 2.17. The first-order chi connectivity index (χ1) is 10.9. The number of carbonyl (C=O) groups excluding carboxylic acids is 1. The van der Waals surface area contributed by atoms with Gasteiger partial charge >= 0.3 is 0 Å². The van der Waals surface area contributed by atoms with Crippen molar-refractivity contribution in [3.05, 3.63) is 46.0 Å². The number of hydrogen-bond acceptors (Lipinski definition) is 3. The fraction of sp³-hybridized carbons (Fsp3) is 0.333. The second-order valence-corrected chi connectivity index (χ2v) is 7.22. The van der Waals surface area contributed by atoms with Gasteiger partial charge in [0.25, 0.3) is 5.91 Å². The maximum absolute atomic E-state index is 12.7. The molecule has 1 aromatic carbocycles. The van der Waals surface area contributed by atoms with Crippen molar-refractivity contribution in [2.75, 3.05) is 5.32 Å². The van der Waals surface area contributed by atoms with Crippen molar-refractivity contribution in [3.8, 4) is 0 Å². The Kier molecular flexibility index (Phi) is 3.98. The number of rotatable bonds is 3. The highest BCUT2D eigenvalue weighted by Crippen LogP contribution is 2.31. The number of nitrogens with one attached hydrogen (secondary N) is 1. The minimum atomic E-state index is -0.0539. The second-order valence-electron chi connectivity index (χ2n) is 6.19. The first-order valence-corrected chi connectivity index (χ1v) is 8.54. The molecule has 0 aliphatic carbocycles. The monoisotopic (exact) mass is 327 g/mol. The molecule has 0 spiro atoms.